The van der Waals surface area contributed by atoms with E-state index in [4.69, 9.17) is 5.84 Å². The molecule has 0 aliphatic carbocycles. The van der Waals surface area contributed by atoms with Gasteiger partial charge in [-0.3, -0.25) is 11.3 Å². The maximum atomic E-state index is 13.2. The van der Waals surface area contributed by atoms with E-state index in [0.29, 0.717) is 6.42 Å². The number of rotatable bonds is 5. The Bertz CT molecular complexity index is 579. The number of nitrogens with two attached hydrogens (primary N) is 1. The second-order valence-corrected chi connectivity index (χ2v) is 5.14. The van der Waals surface area contributed by atoms with Crippen LogP contribution < -0.4 is 11.3 Å². The van der Waals surface area contributed by atoms with Crippen LogP contribution in [0.15, 0.2) is 24.5 Å². The molecule has 2 aromatic rings. The van der Waals surface area contributed by atoms with E-state index >= 15 is 0 Å². The van der Waals surface area contributed by atoms with Crippen LogP contribution in [0.1, 0.15) is 42.9 Å². The lowest BCUT2D eigenvalue weighted by Gasteiger charge is -2.19. The van der Waals surface area contributed by atoms with Gasteiger partial charge in [-0.2, -0.15) is 5.10 Å². The van der Waals surface area contributed by atoms with Gasteiger partial charge in [-0.05, 0) is 44.0 Å². The van der Waals surface area contributed by atoms with E-state index in [0.717, 1.165) is 17.0 Å². The fraction of sp³-hybridized carbons (Fsp3) is 0.429. The van der Waals surface area contributed by atoms with E-state index in [-0.39, 0.29) is 17.9 Å². The average molecular weight is 277 g/mol. The van der Waals surface area contributed by atoms with Gasteiger partial charge in [0, 0.05) is 12.5 Å². The minimum atomic E-state index is -0.243. The Morgan fingerprint density at radius 2 is 2.15 bits per heavy atom. The van der Waals surface area contributed by atoms with E-state index in [1.807, 2.05) is 25.5 Å². The van der Waals surface area contributed by atoms with Crippen LogP contribution in [0.2, 0.25) is 0 Å². The summed E-state index contributed by atoms with van der Waals surface area (Å²) in [5, 5.41) is 4.21. The van der Waals surface area contributed by atoms with Crippen molar-refractivity contribution in [3.8, 4) is 0 Å². The van der Waals surface area contributed by atoms with Gasteiger partial charge < -0.3 is 0 Å². The van der Waals surface area contributed by atoms with E-state index in [1.54, 1.807) is 12.4 Å². The van der Waals surface area contributed by atoms with Gasteiger partial charge >= 0.3 is 0 Å². The molecule has 0 aliphatic heterocycles. The van der Waals surface area contributed by atoms with Gasteiger partial charge in [0.25, 0.3) is 0 Å². The lowest BCUT2D eigenvalue weighted by Crippen LogP contribution is -2.31. The number of benzene rings is 1. The number of hydrogen-bond acceptors (Lipinski definition) is 4. The zero-order valence-electron chi connectivity index (χ0n) is 12.0. The molecule has 1 aromatic heterocycles. The molecular formula is C14H20FN5. The average Bonchev–Trinajstić information content (AvgIpc) is 2.85. The minimum Gasteiger partial charge on any atom is -0.271 e. The third-order valence-corrected chi connectivity index (χ3v) is 3.33. The van der Waals surface area contributed by atoms with Crippen molar-refractivity contribution in [1.82, 2.24) is 20.2 Å². The molecule has 0 bridgehead atoms. The van der Waals surface area contributed by atoms with Crippen LogP contribution in [0.25, 0.3) is 0 Å². The molecule has 1 heterocycles. The molecule has 6 heteroatoms. The monoisotopic (exact) mass is 277 g/mol. The Kier molecular flexibility index (Phi) is 4.46. The second kappa shape index (κ2) is 6.11. The highest BCUT2D eigenvalue weighted by Crippen LogP contribution is 2.22. The summed E-state index contributed by atoms with van der Waals surface area (Å²) in [4.78, 5) is 4.28. The molecule has 0 saturated carbocycles. The Hall–Kier alpha value is -1.79. The number of nitrogens with zero attached hydrogens (tertiary/aromatic N) is 3. The molecule has 0 fully saturated rings. The van der Waals surface area contributed by atoms with Gasteiger partial charge in [-0.1, -0.05) is 6.07 Å². The molecule has 3 N–H and O–H groups in total. The van der Waals surface area contributed by atoms with Gasteiger partial charge in [0.1, 0.15) is 18.0 Å². The Labute approximate surface area is 118 Å². The lowest BCUT2D eigenvalue weighted by atomic mass is 9.99. The van der Waals surface area contributed by atoms with E-state index in [1.165, 1.54) is 12.1 Å². The molecule has 1 atom stereocenters. The standard InChI is InChI=1S/C14H20FN5/c1-9(2)20-14(17-8-18-20)7-13(19-16)12-5-4-11(15)6-10(12)3/h4-6,8-9,13,19H,7,16H2,1-3H3. The highest BCUT2D eigenvalue weighted by Gasteiger charge is 2.17. The number of halogens is 1. The Morgan fingerprint density at radius 3 is 2.75 bits per heavy atom. The van der Waals surface area contributed by atoms with Crippen molar-refractivity contribution < 1.29 is 4.39 Å². The zero-order valence-corrected chi connectivity index (χ0v) is 12.0. The van der Waals surface area contributed by atoms with Crippen molar-refractivity contribution >= 4 is 0 Å². The molecule has 2 rings (SSSR count). The molecule has 20 heavy (non-hydrogen) atoms. The van der Waals surface area contributed by atoms with Crippen LogP contribution in [0, 0.1) is 12.7 Å². The molecular weight excluding hydrogens is 257 g/mol. The molecule has 0 saturated heterocycles. The lowest BCUT2D eigenvalue weighted by molar-refractivity contribution is 0.467. The number of aryl methyl sites for hydroxylation is 1. The summed E-state index contributed by atoms with van der Waals surface area (Å²) in [6, 6.07) is 4.82. The summed E-state index contributed by atoms with van der Waals surface area (Å²) in [7, 11) is 0. The van der Waals surface area contributed by atoms with Gasteiger partial charge in [0.15, 0.2) is 0 Å². The van der Waals surface area contributed by atoms with Crippen molar-refractivity contribution in [2.45, 2.75) is 39.3 Å². The first kappa shape index (κ1) is 14.6. The Morgan fingerprint density at radius 1 is 1.40 bits per heavy atom. The first-order valence-electron chi connectivity index (χ1n) is 6.63. The van der Waals surface area contributed by atoms with Crippen molar-refractivity contribution in [3.63, 3.8) is 0 Å². The van der Waals surface area contributed by atoms with Crippen LogP contribution in [0.3, 0.4) is 0 Å². The summed E-state index contributed by atoms with van der Waals surface area (Å²) >= 11 is 0. The summed E-state index contributed by atoms with van der Waals surface area (Å²) in [6.07, 6.45) is 2.14. The van der Waals surface area contributed by atoms with E-state index < -0.39 is 0 Å². The third-order valence-electron chi connectivity index (χ3n) is 3.33. The van der Waals surface area contributed by atoms with E-state index in [9.17, 15) is 4.39 Å². The van der Waals surface area contributed by atoms with Crippen molar-refractivity contribution in [1.29, 1.82) is 0 Å². The zero-order chi connectivity index (χ0) is 14.7. The van der Waals surface area contributed by atoms with Gasteiger partial charge in [0.2, 0.25) is 0 Å². The number of hydrazine groups is 1. The molecule has 0 amide bonds. The second-order valence-electron chi connectivity index (χ2n) is 5.14. The maximum Gasteiger partial charge on any atom is 0.138 e. The van der Waals surface area contributed by atoms with Gasteiger partial charge in [0.05, 0.1) is 6.04 Å². The van der Waals surface area contributed by atoms with E-state index in [2.05, 4.69) is 15.5 Å². The molecule has 1 aromatic carbocycles. The van der Waals surface area contributed by atoms with Gasteiger partial charge in [-0.25, -0.2) is 14.1 Å². The molecule has 108 valence electrons. The smallest absolute Gasteiger partial charge is 0.138 e. The summed E-state index contributed by atoms with van der Waals surface area (Å²) in [5.41, 5.74) is 4.61. The predicted octanol–water partition coefficient (Wildman–Crippen LogP) is 2.05. The number of nitrogens with one attached hydrogen (secondary N) is 1. The molecule has 0 aliphatic rings. The number of hydrogen-bond donors (Lipinski definition) is 2. The fourth-order valence-corrected chi connectivity index (χ4v) is 2.32. The van der Waals surface area contributed by atoms with Crippen molar-refractivity contribution in [2.75, 3.05) is 0 Å². The highest BCUT2D eigenvalue weighted by atomic mass is 19.1. The molecule has 0 spiro atoms. The molecule has 1 unspecified atom stereocenters. The summed E-state index contributed by atoms with van der Waals surface area (Å²) in [6.45, 7) is 5.97. The van der Waals surface area contributed by atoms with Crippen LogP contribution >= 0.6 is 0 Å². The Balaban J connectivity index is 2.27. The topological polar surface area (TPSA) is 68.8 Å². The number of aromatic nitrogens is 3. The first-order chi connectivity index (χ1) is 9.52. The third kappa shape index (κ3) is 3.02. The fourth-order valence-electron chi connectivity index (χ4n) is 2.32. The predicted molar refractivity (Wildman–Crippen MR) is 75.3 cm³/mol. The van der Waals surface area contributed by atoms with Crippen molar-refractivity contribution in [3.05, 3.63) is 47.3 Å². The summed E-state index contributed by atoms with van der Waals surface area (Å²) < 4.78 is 15.0. The minimum absolute atomic E-state index is 0.127. The van der Waals surface area contributed by atoms with Crippen LogP contribution in [0.4, 0.5) is 4.39 Å². The van der Waals surface area contributed by atoms with Crippen LogP contribution in [-0.2, 0) is 6.42 Å². The van der Waals surface area contributed by atoms with Crippen LogP contribution in [0.5, 0.6) is 0 Å². The highest BCUT2D eigenvalue weighted by molar-refractivity contribution is 5.30. The molecule has 0 radical (unpaired) electrons. The molecule has 5 nitrogen and oxygen atoms in total. The SMILES string of the molecule is Cc1cc(F)ccc1C(Cc1ncnn1C(C)C)NN. The van der Waals surface area contributed by atoms with Crippen LogP contribution in [-0.4, -0.2) is 14.8 Å². The first-order valence-corrected chi connectivity index (χ1v) is 6.63. The quantitative estimate of drug-likeness (QED) is 0.648. The maximum absolute atomic E-state index is 13.2. The summed E-state index contributed by atoms with van der Waals surface area (Å²) in [5.74, 6) is 6.26. The van der Waals surface area contributed by atoms with Gasteiger partial charge in [-0.15, -0.1) is 0 Å². The van der Waals surface area contributed by atoms with Crippen molar-refractivity contribution in [2.24, 2.45) is 5.84 Å². The largest absolute Gasteiger partial charge is 0.271 e. The normalized spacial score (nSPS) is 12.9.